The predicted octanol–water partition coefficient (Wildman–Crippen LogP) is -2.02. The van der Waals surface area contributed by atoms with Gasteiger partial charge in [0.05, 0.1) is 6.61 Å². The van der Waals surface area contributed by atoms with Crippen LogP contribution >= 0.6 is 12.2 Å². The van der Waals surface area contributed by atoms with Crippen LogP contribution in [-0.2, 0) is 4.74 Å². The van der Waals surface area contributed by atoms with E-state index in [0.717, 1.165) is 0 Å². The molecule has 0 aromatic carbocycles. The van der Waals surface area contributed by atoms with Crippen molar-refractivity contribution in [2.75, 3.05) is 6.61 Å². The van der Waals surface area contributed by atoms with E-state index in [1.165, 1.54) is 0 Å². The molecule has 0 unspecified atom stereocenters. The quantitative estimate of drug-likeness (QED) is 0.425. The molecule has 0 aromatic rings. The molecule has 0 spiro atoms. The molecule has 17 heavy (non-hydrogen) atoms. The van der Waals surface area contributed by atoms with Gasteiger partial charge in [-0.05, 0) is 12.2 Å². The minimum atomic E-state index is -1.46. The first-order valence-electron chi connectivity index (χ1n) is 4.89. The monoisotopic (exact) mass is 261 g/mol. The van der Waals surface area contributed by atoms with Gasteiger partial charge < -0.3 is 25.2 Å². The van der Waals surface area contributed by atoms with Crippen molar-refractivity contribution in [2.45, 2.75) is 30.5 Å². The summed E-state index contributed by atoms with van der Waals surface area (Å²) in [6.45, 7) is -0.504. The third-order valence-electron chi connectivity index (χ3n) is 2.59. The molecule has 4 N–H and O–H groups in total. The van der Waals surface area contributed by atoms with Crippen LogP contribution in [0.5, 0.6) is 0 Å². The van der Waals surface area contributed by atoms with E-state index < -0.39 is 37.1 Å². The van der Waals surface area contributed by atoms with Gasteiger partial charge in [-0.25, -0.2) is 0 Å². The zero-order valence-electron chi connectivity index (χ0n) is 8.54. The average molecular weight is 261 g/mol. The van der Waals surface area contributed by atoms with Gasteiger partial charge >= 0.3 is 0 Å². The van der Waals surface area contributed by atoms with E-state index in [-0.39, 0.29) is 10.9 Å². The number of aliphatic imine (C=N–C) groups is 1. The number of rotatable bonds is 2. The maximum atomic E-state index is 9.73. The zero-order chi connectivity index (χ0) is 12.6. The van der Waals surface area contributed by atoms with Crippen LogP contribution in [0.4, 0.5) is 0 Å². The maximum absolute atomic E-state index is 9.73. The van der Waals surface area contributed by atoms with Gasteiger partial charge in [-0.1, -0.05) is 0 Å². The Morgan fingerprint density at radius 2 is 1.82 bits per heavy atom. The molecular formula is C8H11N3O5S. The lowest BCUT2D eigenvalue weighted by Crippen LogP contribution is -2.60. The molecule has 0 bridgehead atoms. The van der Waals surface area contributed by atoms with E-state index in [1.807, 2.05) is 0 Å². The lowest BCUT2D eigenvalue weighted by molar-refractivity contribution is -0.211. The summed E-state index contributed by atoms with van der Waals surface area (Å²) in [7, 11) is 0. The fraction of sp³-hybridized carbons (Fsp3) is 0.750. The molecule has 9 heteroatoms. The molecule has 1 fully saturated rings. The molecule has 0 aromatic heterocycles. The number of azo groups is 1. The summed E-state index contributed by atoms with van der Waals surface area (Å²) in [5.74, 6) is 0.0203. The number of thiocarbonyl (C=S) groups is 1. The van der Waals surface area contributed by atoms with E-state index in [2.05, 4.69) is 27.4 Å². The second-order valence-electron chi connectivity index (χ2n) is 3.70. The molecule has 0 aliphatic carbocycles. The largest absolute Gasteiger partial charge is 0.394 e. The lowest BCUT2D eigenvalue weighted by Gasteiger charge is -2.39. The molecule has 0 saturated carbocycles. The third-order valence-corrected chi connectivity index (χ3v) is 2.77. The number of nitrogens with zero attached hydrogens (tertiary/aromatic N) is 3. The summed E-state index contributed by atoms with van der Waals surface area (Å²) in [4.78, 5) is 3.75. The van der Waals surface area contributed by atoms with Crippen LogP contribution in [0, 0.1) is 0 Å². The first-order valence-corrected chi connectivity index (χ1v) is 5.30. The highest BCUT2D eigenvalue weighted by atomic mass is 32.1. The summed E-state index contributed by atoms with van der Waals surface area (Å²) in [5.41, 5.74) is 0. The third kappa shape index (κ3) is 2.25. The second-order valence-corrected chi connectivity index (χ2v) is 4.07. The van der Waals surface area contributed by atoms with Crippen molar-refractivity contribution in [1.29, 1.82) is 0 Å². The Morgan fingerprint density at radius 1 is 1.12 bits per heavy atom. The first-order chi connectivity index (χ1) is 8.04. The molecular weight excluding hydrogens is 250 g/mol. The average Bonchev–Trinajstić information content (AvgIpc) is 2.73. The molecule has 0 amide bonds. The van der Waals surface area contributed by atoms with Crippen molar-refractivity contribution in [3.05, 3.63) is 0 Å². The Hall–Kier alpha value is -0.840. The highest BCUT2D eigenvalue weighted by molar-refractivity contribution is 7.80. The van der Waals surface area contributed by atoms with Crippen molar-refractivity contribution >= 4 is 23.2 Å². The van der Waals surface area contributed by atoms with Gasteiger partial charge in [0.1, 0.15) is 30.5 Å². The molecule has 94 valence electrons. The van der Waals surface area contributed by atoms with Gasteiger partial charge in [-0.15, -0.1) is 10.2 Å². The Labute approximate surface area is 101 Å². The summed E-state index contributed by atoms with van der Waals surface area (Å²) < 4.78 is 5.21. The van der Waals surface area contributed by atoms with E-state index >= 15 is 0 Å². The molecule has 2 rings (SSSR count). The number of hydrogen-bond acceptors (Lipinski definition) is 7. The van der Waals surface area contributed by atoms with Gasteiger partial charge in [-0.2, -0.15) is 4.99 Å². The van der Waals surface area contributed by atoms with Gasteiger partial charge in [0.2, 0.25) is 5.11 Å². The van der Waals surface area contributed by atoms with Crippen LogP contribution in [0.1, 0.15) is 0 Å². The minimum Gasteiger partial charge on any atom is -0.394 e. The van der Waals surface area contributed by atoms with Crippen LogP contribution in [0.2, 0.25) is 0 Å². The van der Waals surface area contributed by atoms with Gasteiger partial charge in [0, 0.05) is 0 Å². The minimum absolute atomic E-state index is 0.00281. The Kier molecular flexibility index (Phi) is 3.56. The van der Waals surface area contributed by atoms with E-state index in [9.17, 15) is 15.3 Å². The molecule has 2 heterocycles. The highest BCUT2D eigenvalue weighted by Crippen LogP contribution is 2.23. The zero-order valence-corrected chi connectivity index (χ0v) is 9.36. The topological polar surface area (TPSA) is 127 Å². The fourth-order valence-corrected chi connectivity index (χ4v) is 1.81. The predicted molar refractivity (Wildman–Crippen MR) is 58.7 cm³/mol. The van der Waals surface area contributed by atoms with Crippen LogP contribution in [0.15, 0.2) is 15.2 Å². The normalized spacial score (nSPS) is 41.8. The number of amidine groups is 1. The van der Waals surface area contributed by atoms with Crippen LogP contribution in [-0.4, -0.2) is 68.5 Å². The summed E-state index contributed by atoms with van der Waals surface area (Å²) in [5, 5.41) is 44.9. The lowest BCUT2D eigenvalue weighted by atomic mass is 9.94. The van der Waals surface area contributed by atoms with Crippen LogP contribution in [0.25, 0.3) is 0 Å². The number of aliphatic hydroxyl groups is 4. The van der Waals surface area contributed by atoms with Crippen LogP contribution in [0.3, 0.4) is 0 Å². The summed E-state index contributed by atoms with van der Waals surface area (Å²) in [6, 6.07) is 0. The summed E-state index contributed by atoms with van der Waals surface area (Å²) >= 11 is 4.67. The Bertz CT molecular complexity index is 385. The highest BCUT2D eigenvalue weighted by Gasteiger charge is 2.46. The first kappa shape index (κ1) is 12.6. The standard InChI is InChI=1S/C8H11N3O5S/c12-1-2-3(13)4(14)5(15)6(16-2)7-9-8(17)11-10-7/h2-6,12-15H,1H2/t2-,3-,4+,5-,6-/m1/s1. The molecule has 8 nitrogen and oxygen atoms in total. The van der Waals surface area contributed by atoms with Crippen molar-refractivity contribution < 1.29 is 25.2 Å². The second kappa shape index (κ2) is 4.80. The van der Waals surface area contributed by atoms with Crippen molar-refractivity contribution in [3.63, 3.8) is 0 Å². The smallest absolute Gasteiger partial charge is 0.241 e. The van der Waals surface area contributed by atoms with Crippen molar-refractivity contribution in [1.82, 2.24) is 0 Å². The number of ether oxygens (including phenoxy) is 1. The van der Waals surface area contributed by atoms with Crippen molar-refractivity contribution in [3.8, 4) is 0 Å². The van der Waals surface area contributed by atoms with E-state index in [4.69, 9.17) is 9.84 Å². The molecule has 2 aliphatic rings. The summed E-state index contributed by atoms with van der Waals surface area (Å²) in [6.07, 6.45) is -6.35. The number of aliphatic hydroxyl groups excluding tert-OH is 4. The molecule has 1 saturated heterocycles. The SMILES string of the molecule is OC[C@H]1O[C@@H](C2=NC(=S)N=N2)[C@H](O)[C@@H](O)[C@@H]1O. The molecule has 5 atom stereocenters. The maximum Gasteiger partial charge on any atom is 0.241 e. The van der Waals surface area contributed by atoms with Crippen LogP contribution < -0.4 is 0 Å². The molecule has 2 aliphatic heterocycles. The van der Waals surface area contributed by atoms with Crippen molar-refractivity contribution in [2.24, 2.45) is 15.2 Å². The fourth-order valence-electron chi connectivity index (χ4n) is 1.67. The van der Waals surface area contributed by atoms with Gasteiger partial charge in [0.25, 0.3) is 0 Å². The Balaban J connectivity index is 2.20. The Morgan fingerprint density at radius 3 is 2.35 bits per heavy atom. The number of hydrogen-bond donors (Lipinski definition) is 4. The van der Waals surface area contributed by atoms with Gasteiger partial charge in [-0.3, -0.25) is 0 Å². The van der Waals surface area contributed by atoms with E-state index in [1.54, 1.807) is 0 Å². The molecule has 0 radical (unpaired) electrons. The van der Waals surface area contributed by atoms with Gasteiger partial charge in [0.15, 0.2) is 5.84 Å². The van der Waals surface area contributed by atoms with E-state index in [0.29, 0.717) is 0 Å².